The van der Waals surface area contributed by atoms with Crippen molar-refractivity contribution >= 4 is 32.6 Å². The molecule has 26 heavy (non-hydrogen) atoms. The van der Waals surface area contributed by atoms with Crippen LogP contribution < -0.4 is 9.64 Å². The molecule has 0 N–H and O–H groups in total. The molecular formula is C20H21N3O2S. The summed E-state index contributed by atoms with van der Waals surface area (Å²) in [6.07, 6.45) is 4.81. The molecule has 1 aromatic carbocycles. The van der Waals surface area contributed by atoms with Crippen LogP contribution in [-0.4, -0.2) is 22.5 Å². The van der Waals surface area contributed by atoms with Gasteiger partial charge in [-0.25, -0.2) is 4.98 Å². The molecule has 1 fully saturated rings. The molecule has 0 spiro atoms. The van der Waals surface area contributed by atoms with Crippen LogP contribution in [0.5, 0.6) is 5.75 Å². The van der Waals surface area contributed by atoms with Crippen molar-refractivity contribution in [1.82, 2.24) is 9.97 Å². The van der Waals surface area contributed by atoms with Gasteiger partial charge >= 0.3 is 0 Å². The number of hydrogen-bond acceptors (Lipinski definition) is 5. The number of fused-ring (bicyclic) bond motifs is 1. The Kier molecular flexibility index (Phi) is 4.84. The minimum atomic E-state index is 0.108. The van der Waals surface area contributed by atoms with Crippen molar-refractivity contribution in [2.45, 2.75) is 32.7 Å². The summed E-state index contributed by atoms with van der Waals surface area (Å²) in [6, 6.07) is 11.7. The molecule has 0 atom stereocenters. The molecule has 0 unspecified atom stereocenters. The number of nitrogens with zero attached hydrogens (tertiary/aromatic N) is 3. The van der Waals surface area contributed by atoms with Gasteiger partial charge in [0, 0.05) is 12.1 Å². The highest BCUT2D eigenvalue weighted by Gasteiger charge is 2.32. The number of benzene rings is 1. The Hall–Kier alpha value is -2.47. The third-order valence-electron chi connectivity index (χ3n) is 4.67. The average Bonchev–Trinajstić information content (AvgIpc) is 3.04. The number of amides is 1. The van der Waals surface area contributed by atoms with Crippen molar-refractivity contribution in [3.05, 3.63) is 48.3 Å². The Morgan fingerprint density at radius 1 is 1.27 bits per heavy atom. The first kappa shape index (κ1) is 17.0. The van der Waals surface area contributed by atoms with Gasteiger partial charge in [0.1, 0.15) is 11.3 Å². The lowest BCUT2D eigenvalue weighted by Crippen LogP contribution is -2.38. The maximum Gasteiger partial charge on any atom is 0.232 e. The van der Waals surface area contributed by atoms with E-state index < -0.39 is 0 Å². The highest BCUT2D eigenvalue weighted by atomic mass is 32.1. The molecule has 1 aliphatic rings. The smallest absolute Gasteiger partial charge is 0.232 e. The zero-order valence-corrected chi connectivity index (χ0v) is 15.5. The van der Waals surface area contributed by atoms with Crippen LogP contribution in [0.4, 0.5) is 5.13 Å². The Morgan fingerprint density at radius 2 is 2.15 bits per heavy atom. The third kappa shape index (κ3) is 3.29. The number of carbonyl (C=O) groups excluding carboxylic acids is 1. The molecule has 4 rings (SSSR count). The second-order valence-electron chi connectivity index (χ2n) is 6.41. The Morgan fingerprint density at radius 3 is 2.85 bits per heavy atom. The predicted molar refractivity (Wildman–Crippen MR) is 104 cm³/mol. The van der Waals surface area contributed by atoms with Gasteiger partial charge in [-0.1, -0.05) is 29.9 Å². The molecule has 2 aromatic heterocycles. The van der Waals surface area contributed by atoms with Gasteiger partial charge in [0.15, 0.2) is 5.13 Å². The van der Waals surface area contributed by atoms with Crippen LogP contribution in [0, 0.1) is 5.92 Å². The third-order valence-corrected chi connectivity index (χ3v) is 5.71. The van der Waals surface area contributed by atoms with Crippen molar-refractivity contribution in [3.63, 3.8) is 0 Å². The standard InChI is InChI=1S/C20H21N3O2S/c1-2-25-16-10-6-11-17-18(16)22-20(26-17)23(19(24)14-7-5-8-14)13-15-9-3-4-12-21-15/h3-4,6,9-12,14H,2,5,7-8,13H2,1H3. The summed E-state index contributed by atoms with van der Waals surface area (Å²) in [4.78, 5) is 24.0. The van der Waals surface area contributed by atoms with Crippen molar-refractivity contribution < 1.29 is 9.53 Å². The summed E-state index contributed by atoms with van der Waals surface area (Å²) in [5, 5.41) is 0.717. The predicted octanol–water partition coefficient (Wildman–Crippen LogP) is 4.42. The summed E-state index contributed by atoms with van der Waals surface area (Å²) in [6.45, 7) is 2.99. The maximum absolute atomic E-state index is 13.1. The van der Waals surface area contributed by atoms with Crippen LogP contribution in [0.15, 0.2) is 42.6 Å². The monoisotopic (exact) mass is 367 g/mol. The number of rotatable bonds is 6. The van der Waals surface area contributed by atoms with Gasteiger partial charge < -0.3 is 4.74 Å². The molecule has 2 heterocycles. The van der Waals surface area contributed by atoms with E-state index in [4.69, 9.17) is 9.72 Å². The number of para-hydroxylation sites is 1. The highest BCUT2D eigenvalue weighted by molar-refractivity contribution is 7.22. The van der Waals surface area contributed by atoms with E-state index in [0.717, 1.165) is 46.1 Å². The molecule has 1 saturated carbocycles. The molecule has 1 aliphatic carbocycles. The molecule has 6 heteroatoms. The fourth-order valence-electron chi connectivity index (χ4n) is 3.07. The molecule has 0 saturated heterocycles. The largest absolute Gasteiger partial charge is 0.492 e. The van der Waals surface area contributed by atoms with E-state index >= 15 is 0 Å². The Bertz CT molecular complexity index is 906. The minimum Gasteiger partial charge on any atom is -0.492 e. The SMILES string of the molecule is CCOc1cccc2sc(N(Cc3ccccn3)C(=O)C3CCC3)nc12. The van der Waals surface area contributed by atoms with Gasteiger partial charge in [-0.3, -0.25) is 14.7 Å². The van der Waals surface area contributed by atoms with Crippen LogP contribution in [-0.2, 0) is 11.3 Å². The first-order valence-corrected chi connectivity index (χ1v) is 9.81. The van der Waals surface area contributed by atoms with E-state index in [1.165, 1.54) is 11.3 Å². The molecular weight excluding hydrogens is 346 g/mol. The maximum atomic E-state index is 13.1. The van der Waals surface area contributed by atoms with E-state index in [0.29, 0.717) is 13.2 Å². The first-order valence-electron chi connectivity index (χ1n) is 9.00. The second-order valence-corrected chi connectivity index (χ2v) is 7.41. The number of pyridine rings is 1. The van der Waals surface area contributed by atoms with Crippen LogP contribution in [0.2, 0.25) is 0 Å². The van der Waals surface area contributed by atoms with Gasteiger partial charge in [0.2, 0.25) is 5.91 Å². The van der Waals surface area contributed by atoms with E-state index in [2.05, 4.69) is 4.98 Å². The van der Waals surface area contributed by atoms with E-state index in [1.807, 2.05) is 43.3 Å². The topological polar surface area (TPSA) is 55.3 Å². The number of hydrogen-bond donors (Lipinski definition) is 0. The van der Waals surface area contributed by atoms with Crippen molar-refractivity contribution in [2.75, 3.05) is 11.5 Å². The van der Waals surface area contributed by atoms with Gasteiger partial charge in [-0.2, -0.15) is 0 Å². The molecule has 0 aliphatic heterocycles. The second kappa shape index (κ2) is 7.41. The lowest BCUT2D eigenvalue weighted by Gasteiger charge is -2.30. The molecule has 5 nitrogen and oxygen atoms in total. The molecule has 134 valence electrons. The quantitative estimate of drug-likeness (QED) is 0.647. The van der Waals surface area contributed by atoms with E-state index in [1.54, 1.807) is 11.1 Å². The number of aromatic nitrogens is 2. The highest BCUT2D eigenvalue weighted by Crippen LogP contribution is 2.37. The summed E-state index contributed by atoms with van der Waals surface area (Å²) in [5.74, 6) is 1.03. The van der Waals surface area contributed by atoms with Crippen molar-refractivity contribution in [3.8, 4) is 5.75 Å². The van der Waals surface area contributed by atoms with Crippen LogP contribution in [0.3, 0.4) is 0 Å². The van der Waals surface area contributed by atoms with Crippen LogP contribution in [0.25, 0.3) is 10.2 Å². The lowest BCUT2D eigenvalue weighted by atomic mass is 9.84. The normalized spacial score (nSPS) is 14.2. The summed E-state index contributed by atoms with van der Waals surface area (Å²) < 4.78 is 6.73. The van der Waals surface area contributed by atoms with Crippen LogP contribution >= 0.6 is 11.3 Å². The van der Waals surface area contributed by atoms with E-state index in [-0.39, 0.29) is 11.8 Å². The van der Waals surface area contributed by atoms with Gasteiger partial charge in [0.05, 0.1) is 23.5 Å². The zero-order valence-electron chi connectivity index (χ0n) is 14.7. The average molecular weight is 367 g/mol. The fraction of sp³-hybridized carbons (Fsp3) is 0.350. The Balaban J connectivity index is 1.71. The summed E-state index contributed by atoms with van der Waals surface area (Å²) >= 11 is 1.53. The fourth-order valence-corrected chi connectivity index (χ4v) is 4.06. The lowest BCUT2D eigenvalue weighted by molar-refractivity contribution is -0.124. The number of ether oxygens (including phenoxy) is 1. The van der Waals surface area contributed by atoms with Crippen molar-refractivity contribution in [1.29, 1.82) is 0 Å². The summed E-state index contributed by atoms with van der Waals surface area (Å²) in [5.41, 5.74) is 1.69. The molecule has 3 aromatic rings. The Labute approximate surface area is 156 Å². The zero-order chi connectivity index (χ0) is 17.9. The van der Waals surface area contributed by atoms with Crippen molar-refractivity contribution in [2.24, 2.45) is 5.92 Å². The molecule has 1 amide bonds. The molecule has 0 bridgehead atoms. The van der Waals surface area contributed by atoms with E-state index in [9.17, 15) is 4.79 Å². The van der Waals surface area contributed by atoms with Gasteiger partial charge in [-0.05, 0) is 44.0 Å². The number of anilines is 1. The molecule has 0 radical (unpaired) electrons. The number of thiazole rings is 1. The van der Waals surface area contributed by atoms with Crippen LogP contribution in [0.1, 0.15) is 31.9 Å². The van der Waals surface area contributed by atoms with Gasteiger partial charge in [0.25, 0.3) is 0 Å². The minimum absolute atomic E-state index is 0.108. The summed E-state index contributed by atoms with van der Waals surface area (Å²) in [7, 11) is 0. The first-order chi connectivity index (χ1) is 12.8. The van der Waals surface area contributed by atoms with Gasteiger partial charge in [-0.15, -0.1) is 0 Å². The number of carbonyl (C=O) groups is 1.